The van der Waals surface area contributed by atoms with Crippen molar-refractivity contribution < 1.29 is 44.3 Å². The average Bonchev–Trinajstić information content (AvgIpc) is 3.04. The molecule has 0 aliphatic carbocycles. The summed E-state index contributed by atoms with van der Waals surface area (Å²) in [5, 5.41) is 0. The molecule has 0 amide bonds. The molecule has 0 rings (SSSR count). The molecule has 0 spiro atoms. The molecule has 254 valence electrons. The van der Waals surface area contributed by atoms with Crippen LogP contribution in [0.1, 0.15) is 77.0 Å². The molecule has 0 atom stereocenters. The molecule has 42 heavy (non-hydrogen) atoms. The third-order valence-corrected chi connectivity index (χ3v) is 22.0. The molecule has 14 heteroatoms. The lowest BCUT2D eigenvalue weighted by Crippen LogP contribution is -2.42. The summed E-state index contributed by atoms with van der Waals surface area (Å²) in [5.74, 6) is 0. The van der Waals surface area contributed by atoms with Crippen LogP contribution >= 0.6 is 0 Å². The first-order valence-corrected chi connectivity index (χ1v) is 24.1. The maximum atomic E-state index is 6.46. The van der Waals surface area contributed by atoms with Crippen LogP contribution in [0.3, 0.4) is 0 Å². The summed E-state index contributed by atoms with van der Waals surface area (Å²) in [7, 11) is 7.92. The smallest absolute Gasteiger partial charge is 0.420 e. The lowest BCUT2D eigenvalue weighted by Gasteiger charge is -2.30. The van der Waals surface area contributed by atoms with E-state index in [0.717, 1.165) is 56.7 Å². The van der Waals surface area contributed by atoms with Crippen LogP contribution in [0.15, 0.2) is 0 Å². The summed E-state index contributed by atoms with van der Waals surface area (Å²) >= 11 is 0. The van der Waals surface area contributed by atoms with Gasteiger partial charge in [-0.05, 0) is 37.4 Å². The zero-order valence-electron chi connectivity index (χ0n) is 28.8. The number of hydrogen-bond acceptors (Lipinski definition) is 10. The van der Waals surface area contributed by atoms with E-state index in [2.05, 4.69) is 0 Å². The van der Waals surface area contributed by atoms with Gasteiger partial charge in [0.1, 0.15) is 0 Å². The highest BCUT2D eigenvalue weighted by atomic mass is 28.4. The van der Waals surface area contributed by atoms with Crippen LogP contribution < -0.4 is 0 Å². The average molecular weight is 675 g/mol. The summed E-state index contributed by atoms with van der Waals surface area (Å²) < 4.78 is 56.7. The molecule has 0 aromatic heterocycles. The van der Waals surface area contributed by atoms with Crippen molar-refractivity contribution in [1.82, 2.24) is 0 Å². The van der Waals surface area contributed by atoms with E-state index in [1.807, 2.05) is 7.11 Å². The van der Waals surface area contributed by atoms with E-state index in [1.54, 1.807) is 64.0 Å². The van der Waals surface area contributed by atoms with Gasteiger partial charge in [0.25, 0.3) is 0 Å². The first kappa shape index (κ1) is 42.5. The Morgan fingerprint density at radius 1 is 0.238 bits per heavy atom. The molecule has 0 fully saturated rings. The highest BCUT2D eigenvalue weighted by molar-refractivity contribution is 6.73. The molecule has 0 aliphatic rings. The van der Waals surface area contributed by atoms with E-state index in [0.29, 0.717) is 0 Å². The standard InChI is InChI=1S/C28H66O10Si4/c1-29-39(23-17-11-14-20-26-40(30-2,31-3)32-4,24-18-12-15-21-27-41(33-5,34-6)35-7)25-19-13-16-22-28-42(36-8,37-9)38-10/h11-28H2,1-10H3. The molecule has 0 bridgehead atoms. The van der Waals surface area contributed by atoms with Gasteiger partial charge in [0.2, 0.25) is 0 Å². The molecule has 0 unspecified atom stereocenters. The van der Waals surface area contributed by atoms with E-state index in [1.165, 1.54) is 56.7 Å². The van der Waals surface area contributed by atoms with Crippen molar-refractivity contribution in [3.8, 4) is 0 Å². The van der Waals surface area contributed by atoms with Gasteiger partial charge in [-0.15, -0.1) is 0 Å². The van der Waals surface area contributed by atoms with Crippen molar-refractivity contribution in [3.63, 3.8) is 0 Å². The van der Waals surface area contributed by atoms with Gasteiger partial charge in [-0.25, -0.2) is 0 Å². The monoisotopic (exact) mass is 674 g/mol. The van der Waals surface area contributed by atoms with Crippen LogP contribution in [0, 0.1) is 0 Å². The molecule has 0 saturated heterocycles. The Bertz CT molecular complexity index is 520. The second-order valence-corrected chi connectivity index (χ2v) is 24.6. The van der Waals surface area contributed by atoms with E-state index in [-0.39, 0.29) is 0 Å². The maximum Gasteiger partial charge on any atom is 0.500 e. The van der Waals surface area contributed by atoms with Crippen LogP contribution in [0.25, 0.3) is 0 Å². The van der Waals surface area contributed by atoms with Crippen molar-refractivity contribution >= 4 is 34.7 Å². The summed E-state index contributed by atoms with van der Waals surface area (Å²) in [6.45, 7) is 0. The van der Waals surface area contributed by atoms with Crippen molar-refractivity contribution in [2.75, 3.05) is 71.1 Å². The van der Waals surface area contributed by atoms with Gasteiger partial charge in [0, 0.05) is 89.2 Å². The minimum Gasteiger partial charge on any atom is -0.420 e. The Labute approximate surface area is 262 Å². The highest BCUT2D eigenvalue weighted by Crippen LogP contribution is 2.31. The minimum absolute atomic E-state index is 0.863. The Morgan fingerprint density at radius 3 is 0.595 bits per heavy atom. The highest BCUT2D eigenvalue weighted by Gasteiger charge is 2.39. The van der Waals surface area contributed by atoms with Gasteiger partial charge >= 0.3 is 26.4 Å². The van der Waals surface area contributed by atoms with Crippen LogP contribution in [0.4, 0.5) is 0 Å². The third-order valence-electron chi connectivity index (χ3n) is 8.83. The molecule has 0 aromatic rings. The first-order chi connectivity index (χ1) is 20.2. The summed E-state index contributed by atoms with van der Waals surface area (Å²) in [5.41, 5.74) is 0. The van der Waals surface area contributed by atoms with Gasteiger partial charge in [0.15, 0.2) is 8.32 Å². The summed E-state index contributed by atoms with van der Waals surface area (Å²) in [4.78, 5) is 0. The van der Waals surface area contributed by atoms with Crippen molar-refractivity contribution in [3.05, 3.63) is 0 Å². The van der Waals surface area contributed by atoms with Gasteiger partial charge in [0.05, 0.1) is 0 Å². The van der Waals surface area contributed by atoms with Crippen LogP contribution in [-0.2, 0) is 44.3 Å². The molecule has 0 heterocycles. The van der Waals surface area contributed by atoms with Crippen molar-refractivity contribution in [1.29, 1.82) is 0 Å². The van der Waals surface area contributed by atoms with Gasteiger partial charge in [-0.3, -0.25) is 0 Å². The SMILES string of the molecule is CO[Si](CCCCCC[Si](OC)(OC)OC)(CCCCCC[Si](OC)(OC)OC)CCCCCC[Si](OC)(OC)OC. The molecular formula is C28H66O10Si4. The first-order valence-electron chi connectivity index (χ1n) is 15.7. The molecule has 0 aromatic carbocycles. The third kappa shape index (κ3) is 15.6. The summed E-state index contributed by atoms with van der Waals surface area (Å²) in [6, 6.07) is 6.27. The van der Waals surface area contributed by atoms with E-state index >= 15 is 0 Å². The number of hydrogen-bond donors (Lipinski definition) is 0. The van der Waals surface area contributed by atoms with Gasteiger partial charge < -0.3 is 44.3 Å². The second-order valence-electron chi connectivity index (χ2n) is 11.0. The van der Waals surface area contributed by atoms with Crippen molar-refractivity contribution in [2.24, 2.45) is 0 Å². The molecule has 0 radical (unpaired) electrons. The normalized spacial score (nSPS) is 13.3. The Morgan fingerprint density at radius 2 is 0.429 bits per heavy atom. The predicted molar refractivity (Wildman–Crippen MR) is 177 cm³/mol. The van der Waals surface area contributed by atoms with Crippen LogP contribution in [-0.4, -0.2) is 106 Å². The molecule has 0 N–H and O–H groups in total. The van der Waals surface area contributed by atoms with E-state index in [4.69, 9.17) is 44.3 Å². The van der Waals surface area contributed by atoms with E-state index in [9.17, 15) is 0 Å². The molecule has 0 aliphatic heterocycles. The Hall–Kier alpha value is 0.468. The fourth-order valence-electron chi connectivity index (χ4n) is 5.78. The quantitative estimate of drug-likeness (QED) is 0.0572. The number of rotatable bonds is 31. The topological polar surface area (TPSA) is 92.3 Å². The minimum atomic E-state index is -2.48. The lowest BCUT2D eigenvalue weighted by molar-refractivity contribution is 0.122. The lowest BCUT2D eigenvalue weighted by atomic mass is 10.2. The Balaban J connectivity index is 4.85. The zero-order valence-corrected chi connectivity index (χ0v) is 32.8. The summed E-state index contributed by atoms with van der Waals surface area (Å²) in [6.07, 6.45) is 13.9. The Kier molecular flexibility index (Phi) is 24.9. The van der Waals surface area contributed by atoms with Crippen molar-refractivity contribution in [2.45, 2.75) is 113 Å². The zero-order chi connectivity index (χ0) is 31.8. The van der Waals surface area contributed by atoms with Crippen LogP contribution in [0.2, 0.25) is 36.3 Å². The predicted octanol–water partition coefficient (Wildman–Crippen LogP) is 6.89. The van der Waals surface area contributed by atoms with Crippen LogP contribution in [0.5, 0.6) is 0 Å². The maximum absolute atomic E-state index is 6.46. The number of unbranched alkanes of at least 4 members (excludes halogenated alkanes) is 9. The molecule has 0 saturated carbocycles. The fourth-order valence-corrected chi connectivity index (χ4v) is 15.2. The van der Waals surface area contributed by atoms with Gasteiger partial charge in [-0.2, -0.15) is 0 Å². The van der Waals surface area contributed by atoms with E-state index < -0.39 is 34.7 Å². The second kappa shape index (κ2) is 24.7. The molecule has 10 nitrogen and oxygen atoms in total. The fraction of sp³-hybridized carbons (Fsp3) is 1.00. The van der Waals surface area contributed by atoms with Gasteiger partial charge in [-0.1, -0.05) is 57.8 Å². The molecular weight excluding hydrogens is 609 g/mol. The largest absolute Gasteiger partial charge is 0.500 e.